The van der Waals surface area contributed by atoms with Crippen LogP contribution in [0.2, 0.25) is 0 Å². The summed E-state index contributed by atoms with van der Waals surface area (Å²) < 4.78 is 5.02. The quantitative estimate of drug-likeness (QED) is 0.637. The summed E-state index contributed by atoms with van der Waals surface area (Å²) in [6, 6.07) is 11.9. The first-order valence-corrected chi connectivity index (χ1v) is 10.7. The molecule has 1 aromatic carbocycles. The Morgan fingerprint density at radius 2 is 1.83 bits per heavy atom. The smallest absolute Gasteiger partial charge is 0.257 e. The minimum atomic E-state index is -0.0755. The highest BCUT2D eigenvalue weighted by atomic mass is 16.3. The predicted octanol–water partition coefficient (Wildman–Crippen LogP) is 3.38. The first kappa shape index (κ1) is 21.8. The van der Waals surface area contributed by atoms with E-state index < -0.39 is 0 Å². The van der Waals surface area contributed by atoms with E-state index in [9.17, 15) is 9.59 Å². The van der Waals surface area contributed by atoms with Crippen LogP contribution in [-0.4, -0.2) is 72.3 Å². The van der Waals surface area contributed by atoms with Crippen LogP contribution in [0.25, 0.3) is 6.08 Å². The molecule has 6 nitrogen and oxygen atoms in total. The van der Waals surface area contributed by atoms with E-state index in [-0.39, 0.29) is 11.8 Å². The van der Waals surface area contributed by atoms with Crippen molar-refractivity contribution in [1.29, 1.82) is 0 Å². The molecule has 0 radical (unpaired) electrons. The van der Waals surface area contributed by atoms with Gasteiger partial charge in [-0.15, -0.1) is 0 Å². The first-order chi connectivity index (χ1) is 14.7. The van der Waals surface area contributed by atoms with E-state index in [2.05, 4.69) is 29.2 Å². The van der Waals surface area contributed by atoms with Gasteiger partial charge in [0.25, 0.3) is 5.91 Å². The van der Waals surface area contributed by atoms with Crippen LogP contribution < -0.4 is 0 Å². The zero-order valence-electron chi connectivity index (χ0n) is 17.7. The van der Waals surface area contributed by atoms with Crippen LogP contribution in [0.3, 0.4) is 0 Å². The second-order valence-corrected chi connectivity index (χ2v) is 7.55. The number of rotatable bonds is 9. The predicted molar refractivity (Wildman–Crippen MR) is 118 cm³/mol. The van der Waals surface area contributed by atoms with Crippen LogP contribution in [0, 0.1) is 0 Å². The standard InChI is InChI=1S/C24H31N3O3/c1-2-12-27(24(29)22-11-19-30-20-22)14-10-23(28)26-17-15-25(16-18-26)13-6-9-21-7-4-3-5-8-21/h3-9,11,19-20H,2,10,12-18H2,1H3/b9-6+. The Kier molecular flexibility index (Phi) is 8.27. The molecule has 0 N–H and O–H groups in total. The number of piperazine rings is 1. The highest BCUT2D eigenvalue weighted by Crippen LogP contribution is 2.10. The molecule has 0 saturated carbocycles. The van der Waals surface area contributed by atoms with Gasteiger partial charge in [-0.1, -0.05) is 49.4 Å². The fourth-order valence-electron chi connectivity index (χ4n) is 3.62. The van der Waals surface area contributed by atoms with Gasteiger partial charge >= 0.3 is 0 Å². The number of hydrogen-bond acceptors (Lipinski definition) is 4. The third kappa shape index (κ3) is 6.32. The Hall–Kier alpha value is -2.86. The topological polar surface area (TPSA) is 57.0 Å². The van der Waals surface area contributed by atoms with Gasteiger partial charge in [0.2, 0.25) is 5.91 Å². The molecule has 2 amide bonds. The maximum absolute atomic E-state index is 12.7. The molecule has 1 aliphatic rings. The minimum absolute atomic E-state index is 0.0755. The molecule has 2 aromatic rings. The molecule has 1 fully saturated rings. The molecule has 160 valence electrons. The largest absolute Gasteiger partial charge is 0.472 e. The first-order valence-electron chi connectivity index (χ1n) is 10.7. The highest BCUT2D eigenvalue weighted by Gasteiger charge is 2.22. The van der Waals surface area contributed by atoms with Gasteiger partial charge in [0.15, 0.2) is 0 Å². The summed E-state index contributed by atoms with van der Waals surface area (Å²) in [4.78, 5) is 31.2. The summed E-state index contributed by atoms with van der Waals surface area (Å²) in [6.07, 6.45) is 8.48. The molecule has 0 aliphatic carbocycles. The Balaban J connectivity index is 1.41. The molecular weight excluding hydrogens is 378 g/mol. The van der Waals surface area contributed by atoms with Crippen molar-refractivity contribution in [2.24, 2.45) is 0 Å². The van der Waals surface area contributed by atoms with Crippen molar-refractivity contribution in [3.05, 3.63) is 66.1 Å². The molecule has 1 aromatic heterocycles. The molecule has 30 heavy (non-hydrogen) atoms. The molecule has 3 rings (SSSR count). The van der Waals surface area contributed by atoms with E-state index in [4.69, 9.17) is 4.42 Å². The molecular formula is C24H31N3O3. The number of carbonyl (C=O) groups excluding carboxylic acids is 2. The molecule has 0 atom stereocenters. The van der Waals surface area contributed by atoms with Crippen LogP contribution in [0.4, 0.5) is 0 Å². The van der Waals surface area contributed by atoms with Crippen molar-refractivity contribution in [3.8, 4) is 0 Å². The number of furan rings is 1. The minimum Gasteiger partial charge on any atom is -0.472 e. The van der Waals surface area contributed by atoms with Gasteiger partial charge < -0.3 is 14.2 Å². The van der Waals surface area contributed by atoms with Gasteiger partial charge in [0.1, 0.15) is 6.26 Å². The van der Waals surface area contributed by atoms with Crippen molar-refractivity contribution in [2.45, 2.75) is 19.8 Å². The summed E-state index contributed by atoms with van der Waals surface area (Å²) in [5, 5.41) is 0. The van der Waals surface area contributed by atoms with Gasteiger partial charge in [-0.2, -0.15) is 0 Å². The maximum Gasteiger partial charge on any atom is 0.257 e. The monoisotopic (exact) mass is 409 g/mol. The molecule has 2 heterocycles. The van der Waals surface area contributed by atoms with E-state index in [0.717, 1.165) is 39.1 Å². The van der Waals surface area contributed by atoms with Gasteiger partial charge in [0.05, 0.1) is 11.8 Å². The number of amides is 2. The molecule has 0 spiro atoms. The summed E-state index contributed by atoms with van der Waals surface area (Å²) in [5.74, 6) is 0.0454. The zero-order chi connectivity index (χ0) is 21.2. The lowest BCUT2D eigenvalue weighted by atomic mass is 10.2. The number of hydrogen-bond donors (Lipinski definition) is 0. The van der Waals surface area contributed by atoms with Crippen molar-refractivity contribution in [3.63, 3.8) is 0 Å². The lowest BCUT2D eigenvalue weighted by Gasteiger charge is -2.34. The molecule has 6 heteroatoms. The van der Waals surface area contributed by atoms with E-state index in [1.165, 1.54) is 18.1 Å². The second kappa shape index (κ2) is 11.4. The Morgan fingerprint density at radius 3 is 2.50 bits per heavy atom. The Bertz CT molecular complexity index is 809. The summed E-state index contributed by atoms with van der Waals surface area (Å²) in [5.41, 5.74) is 1.74. The molecule has 0 bridgehead atoms. The summed E-state index contributed by atoms with van der Waals surface area (Å²) in [7, 11) is 0. The highest BCUT2D eigenvalue weighted by molar-refractivity contribution is 5.94. The maximum atomic E-state index is 12.7. The van der Waals surface area contributed by atoms with E-state index in [1.807, 2.05) is 30.0 Å². The van der Waals surface area contributed by atoms with E-state index in [0.29, 0.717) is 25.1 Å². The van der Waals surface area contributed by atoms with Crippen molar-refractivity contribution < 1.29 is 14.0 Å². The molecule has 1 aliphatic heterocycles. The van der Waals surface area contributed by atoms with Crippen molar-refractivity contribution in [2.75, 3.05) is 45.8 Å². The third-order valence-electron chi connectivity index (χ3n) is 5.34. The number of benzene rings is 1. The van der Waals surface area contributed by atoms with Gasteiger partial charge in [-0.25, -0.2) is 0 Å². The van der Waals surface area contributed by atoms with Crippen molar-refractivity contribution >= 4 is 17.9 Å². The Labute approximate surface area is 178 Å². The average molecular weight is 410 g/mol. The van der Waals surface area contributed by atoms with E-state index >= 15 is 0 Å². The average Bonchev–Trinajstić information content (AvgIpc) is 3.32. The normalized spacial score (nSPS) is 14.9. The van der Waals surface area contributed by atoms with Crippen LogP contribution in [0.1, 0.15) is 35.7 Å². The summed E-state index contributed by atoms with van der Waals surface area (Å²) in [6.45, 7) is 7.22. The van der Waals surface area contributed by atoms with Gasteiger partial charge in [-0.05, 0) is 18.1 Å². The van der Waals surface area contributed by atoms with Gasteiger partial charge in [0, 0.05) is 52.2 Å². The zero-order valence-corrected chi connectivity index (χ0v) is 17.7. The van der Waals surface area contributed by atoms with Crippen LogP contribution in [0.5, 0.6) is 0 Å². The van der Waals surface area contributed by atoms with Crippen molar-refractivity contribution in [1.82, 2.24) is 14.7 Å². The fraction of sp³-hybridized carbons (Fsp3) is 0.417. The number of nitrogens with zero attached hydrogens (tertiary/aromatic N) is 3. The third-order valence-corrected chi connectivity index (χ3v) is 5.34. The number of carbonyl (C=O) groups is 2. The molecule has 1 saturated heterocycles. The lowest BCUT2D eigenvalue weighted by molar-refractivity contribution is -0.133. The molecule has 0 unspecified atom stereocenters. The van der Waals surface area contributed by atoms with Gasteiger partial charge in [-0.3, -0.25) is 14.5 Å². The van der Waals surface area contributed by atoms with Crippen LogP contribution >= 0.6 is 0 Å². The van der Waals surface area contributed by atoms with Crippen LogP contribution in [-0.2, 0) is 4.79 Å². The van der Waals surface area contributed by atoms with E-state index in [1.54, 1.807) is 11.0 Å². The Morgan fingerprint density at radius 1 is 1.07 bits per heavy atom. The lowest BCUT2D eigenvalue weighted by Crippen LogP contribution is -2.49. The summed E-state index contributed by atoms with van der Waals surface area (Å²) >= 11 is 0. The fourth-order valence-corrected chi connectivity index (χ4v) is 3.62. The SMILES string of the molecule is CCCN(CCC(=O)N1CCN(C/C=C/c2ccccc2)CC1)C(=O)c1ccoc1. The second-order valence-electron chi connectivity index (χ2n) is 7.55. The van der Waals surface area contributed by atoms with Crippen LogP contribution in [0.15, 0.2) is 59.4 Å².